The molecular weight excluding hydrogens is 711 g/mol. The molecule has 2 atom stereocenters. The summed E-state index contributed by atoms with van der Waals surface area (Å²) in [6.07, 6.45) is 2.17. The molecule has 2 amide bonds. The number of carboxylic acid groups (broad SMARTS) is 2. The van der Waals surface area contributed by atoms with E-state index in [1.54, 1.807) is 24.3 Å². The van der Waals surface area contributed by atoms with Gasteiger partial charge in [0.25, 0.3) is 11.8 Å². The zero-order valence-corrected chi connectivity index (χ0v) is 27.9. The van der Waals surface area contributed by atoms with E-state index in [0.29, 0.717) is 60.1 Å². The van der Waals surface area contributed by atoms with E-state index in [9.17, 15) is 39.0 Å². The van der Waals surface area contributed by atoms with Gasteiger partial charge in [-0.1, -0.05) is 42.8 Å². The average Bonchev–Trinajstić information content (AvgIpc) is 3.09. The topological polar surface area (TPSA) is 226 Å². The van der Waals surface area contributed by atoms with Gasteiger partial charge in [0, 0.05) is 34.4 Å². The second kappa shape index (κ2) is 15.6. The van der Waals surface area contributed by atoms with E-state index in [4.69, 9.17) is 42.9 Å². The molecule has 2 saturated heterocycles. The lowest BCUT2D eigenvalue weighted by atomic mass is 9.65. The highest BCUT2D eigenvalue weighted by Gasteiger charge is 2.52. The van der Waals surface area contributed by atoms with Crippen LogP contribution in [-0.4, -0.2) is 95.3 Å². The number of fused-ring (bicyclic) bond motifs is 4. The van der Waals surface area contributed by atoms with Crippen LogP contribution in [-0.2, 0) is 49.1 Å². The number of aliphatic hydroxyl groups is 2. The number of benzene rings is 2. The van der Waals surface area contributed by atoms with Crippen molar-refractivity contribution >= 4 is 70.0 Å². The zero-order chi connectivity index (χ0) is 36.4. The second-order valence-corrected chi connectivity index (χ2v) is 13.0. The molecule has 0 radical (unpaired) electrons. The van der Waals surface area contributed by atoms with Gasteiger partial charge >= 0.3 is 11.9 Å². The molecule has 0 aromatic heterocycles. The van der Waals surface area contributed by atoms with Gasteiger partial charge in [0.05, 0.1) is 24.0 Å². The van der Waals surface area contributed by atoms with Gasteiger partial charge in [-0.25, -0.2) is 0 Å². The van der Waals surface area contributed by atoms with Crippen LogP contribution >= 0.6 is 23.2 Å². The van der Waals surface area contributed by atoms with Crippen LogP contribution in [0, 0.1) is 0 Å². The monoisotopic (exact) mass is 746 g/mol. The van der Waals surface area contributed by atoms with Crippen molar-refractivity contribution in [3.8, 4) is 0 Å². The first-order valence-corrected chi connectivity index (χ1v) is 16.2. The molecular formula is C35H36Cl2N2O12. The number of aliphatic hydroxyl groups excluding tert-OH is 2. The van der Waals surface area contributed by atoms with Crippen molar-refractivity contribution in [2.45, 2.75) is 43.9 Å². The normalized spacial score (nSPS) is 22.2. The van der Waals surface area contributed by atoms with Crippen LogP contribution in [0.25, 0.3) is 11.5 Å². The second-order valence-electron chi connectivity index (χ2n) is 12.1. The molecule has 2 heterocycles. The third-order valence-corrected chi connectivity index (χ3v) is 9.51. The first-order chi connectivity index (χ1) is 23.7. The van der Waals surface area contributed by atoms with Gasteiger partial charge in [0.2, 0.25) is 0 Å². The van der Waals surface area contributed by atoms with Crippen LogP contribution < -0.4 is 10.6 Å². The van der Waals surface area contributed by atoms with Crippen LogP contribution in [0.15, 0.2) is 47.5 Å². The molecule has 16 heteroatoms. The van der Waals surface area contributed by atoms with Gasteiger partial charge in [-0.2, -0.15) is 0 Å². The fourth-order valence-electron chi connectivity index (χ4n) is 6.75. The Bertz CT molecular complexity index is 1720. The molecule has 6 rings (SSSR count). The first kappa shape index (κ1) is 39.0. The molecule has 14 nitrogen and oxygen atoms in total. The van der Waals surface area contributed by atoms with Gasteiger partial charge in [0.1, 0.15) is 35.8 Å². The Morgan fingerprint density at radius 3 is 1.37 bits per heavy atom. The predicted molar refractivity (Wildman–Crippen MR) is 183 cm³/mol. The molecule has 2 spiro atoms. The van der Waals surface area contributed by atoms with Crippen LogP contribution in [0.3, 0.4) is 0 Å². The van der Waals surface area contributed by atoms with Crippen molar-refractivity contribution in [3.63, 3.8) is 0 Å². The minimum absolute atomic E-state index is 0. The van der Waals surface area contributed by atoms with Crippen LogP contribution in [0.1, 0.15) is 55.4 Å². The van der Waals surface area contributed by atoms with Crippen LogP contribution in [0.5, 0.6) is 0 Å². The third kappa shape index (κ3) is 7.35. The number of carbonyl (C=O) groups is 6. The number of carbonyl (C=O) groups excluding carboxylic acids is 4. The van der Waals surface area contributed by atoms with E-state index in [2.05, 4.69) is 10.6 Å². The quantitative estimate of drug-likeness (QED) is 0.234. The summed E-state index contributed by atoms with van der Waals surface area (Å²) < 4.78 is 11.0. The summed E-state index contributed by atoms with van der Waals surface area (Å²) in [4.78, 5) is 72.3. The molecule has 2 aliphatic carbocycles. The Balaban J connectivity index is 0.000000224. The highest BCUT2D eigenvalue weighted by molar-refractivity contribution is 6.33. The zero-order valence-electron chi connectivity index (χ0n) is 26.3. The summed E-state index contributed by atoms with van der Waals surface area (Å²) >= 11 is 12.0. The lowest BCUT2D eigenvalue weighted by Gasteiger charge is -2.40. The fourth-order valence-corrected chi connectivity index (χ4v) is 7.09. The Morgan fingerprint density at radius 1 is 0.686 bits per heavy atom. The van der Waals surface area contributed by atoms with Crippen molar-refractivity contribution in [1.82, 2.24) is 10.6 Å². The molecule has 4 aliphatic rings. The van der Waals surface area contributed by atoms with E-state index < -0.39 is 81.9 Å². The third-order valence-electron chi connectivity index (χ3n) is 9.04. The molecule has 0 bridgehead atoms. The van der Waals surface area contributed by atoms with Crippen molar-refractivity contribution < 1.29 is 58.7 Å². The Labute approximate surface area is 302 Å². The van der Waals surface area contributed by atoms with Crippen molar-refractivity contribution in [3.05, 3.63) is 79.8 Å². The number of ether oxygens (including phenoxy) is 2. The summed E-state index contributed by atoms with van der Waals surface area (Å²) in [5.74, 6) is -6.50. The number of halogens is 2. The molecule has 0 saturated carbocycles. The van der Waals surface area contributed by atoms with Crippen molar-refractivity contribution in [1.29, 1.82) is 0 Å². The lowest BCUT2D eigenvalue weighted by Crippen LogP contribution is -2.49. The molecule has 2 aromatic rings. The molecule has 272 valence electrons. The number of hydrogen-bond acceptors (Lipinski definition) is 10. The number of hydrogen-bond donors (Lipinski definition) is 6. The molecule has 2 aliphatic heterocycles. The Hall–Kier alpha value is -4.76. The largest absolute Gasteiger partial charge is 0.506 e. The number of rotatable bonds is 6. The van der Waals surface area contributed by atoms with Crippen molar-refractivity contribution in [2.75, 3.05) is 39.5 Å². The van der Waals surface area contributed by atoms with E-state index in [1.807, 2.05) is 0 Å². The van der Waals surface area contributed by atoms with E-state index in [0.717, 1.165) is 0 Å². The number of aliphatic carboxylic acids is 2. The fraction of sp³-hybridized carbons (Fsp3) is 0.371. The van der Waals surface area contributed by atoms with Crippen LogP contribution in [0.2, 0.25) is 10.0 Å². The maximum Gasteiger partial charge on any atom is 0.322 e. The predicted octanol–water partition coefficient (Wildman–Crippen LogP) is 3.52. The minimum atomic E-state index is -1.25. The first-order valence-electron chi connectivity index (χ1n) is 15.5. The number of carboxylic acids is 2. The maximum atomic E-state index is 13.1. The summed E-state index contributed by atoms with van der Waals surface area (Å²) in [6, 6.07) is 9.53. The van der Waals surface area contributed by atoms with Crippen LogP contribution in [0.4, 0.5) is 0 Å². The van der Waals surface area contributed by atoms with Gasteiger partial charge in [-0.3, -0.25) is 28.8 Å². The number of amides is 2. The van der Waals surface area contributed by atoms with E-state index in [-0.39, 0.29) is 31.8 Å². The maximum absolute atomic E-state index is 13.1. The summed E-state index contributed by atoms with van der Waals surface area (Å²) in [7, 11) is 0. The van der Waals surface area contributed by atoms with E-state index >= 15 is 0 Å². The molecule has 2 aromatic carbocycles. The number of nitrogens with one attached hydrogen (secondary N) is 2. The molecule has 6 N–H and O–H groups in total. The standard InChI is InChI=1S/2C17H16ClNO6.CH4/c2*18-9-2-3-11-10(6-9)14(22)13(16(24)19-7-12(20)21)15(23)17(11)4-1-5-25-8-17;/h2*2-3,6,22H,1,4-5,7-8H2,(H,19,24)(H,20,21);1H4/t2*17-;/m10./s1. The molecule has 0 unspecified atom stereocenters. The summed E-state index contributed by atoms with van der Waals surface area (Å²) in [5.41, 5.74) is -1.37. The lowest BCUT2D eigenvalue weighted by molar-refractivity contribution is -0.138. The Kier molecular flexibility index (Phi) is 12.0. The smallest absolute Gasteiger partial charge is 0.322 e. The van der Waals surface area contributed by atoms with Gasteiger partial charge in [0.15, 0.2) is 11.6 Å². The highest BCUT2D eigenvalue weighted by Crippen LogP contribution is 2.46. The Morgan fingerprint density at radius 2 is 1.06 bits per heavy atom. The summed E-state index contributed by atoms with van der Waals surface area (Å²) in [5, 5.41) is 43.4. The van der Waals surface area contributed by atoms with Gasteiger partial charge < -0.3 is 40.5 Å². The number of Topliss-reactive ketones (excluding diaryl/α,β-unsaturated/α-hetero) is 2. The average molecular weight is 748 g/mol. The van der Waals surface area contributed by atoms with Gasteiger partial charge in [-0.15, -0.1) is 0 Å². The molecule has 51 heavy (non-hydrogen) atoms. The highest BCUT2D eigenvalue weighted by atomic mass is 35.5. The van der Waals surface area contributed by atoms with E-state index in [1.165, 1.54) is 12.1 Å². The van der Waals surface area contributed by atoms with Crippen molar-refractivity contribution in [2.24, 2.45) is 0 Å². The number of ketones is 2. The molecule has 2 fully saturated rings. The summed E-state index contributed by atoms with van der Waals surface area (Å²) in [6.45, 7) is -0.126. The van der Waals surface area contributed by atoms with Gasteiger partial charge in [-0.05, 0) is 61.1 Å². The SMILES string of the molecule is C.O=C(O)CNC(=O)C1=C(O)c2cc(Cl)ccc2[C@@]2(CCCOC2)C1=O.O=C(O)CNC(=O)C1=C(O)c2cc(Cl)ccc2[C@]2(CCCOC2)C1=O. The minimum Gasteiger partial charge on any atom is -0.506 e.